The number of carbonyl (C=O) groups is 1. The highest BCUT2D eigenvalue weighted by molar-refractivity contribution is 9.10. The molecule has 0 aromatic heterocycles. The minimum Gasteiger partial charge on any atom is -0.489 e. The highest BCUT2D eigenvalue weighted by atomic mass is 79.9. The first kappa shape index (κ1) is 15.5. The molecule has 0 N–H and O–H groups in total. The number of carbonyl (C=O) groups excluding carboxylic acids is 1. The Kier molecular flexibility index (Phi) is 4.89. The van der Waals surface area contributed by atoms with E-state index >= 15 is 0 Å². The quantitative estimate of drug-likeness (QED) is 0.575. The van der Waals surface area contributed by atoms with Gasteiger partial charge < -0.3 is 4.74 Å². The molecule has 0 bridgehead atoms. The standard InChI is InChI=1S/C20H15BrO2/c21-18-8-4-5-15(13-18)14-23-19-11-9-17(10-12-19)20(22)16-6-2-1-3-7-16/h1-13H,14H2. The second kappa shape index (κ2) is 7.25. The summed E-state index contributed by atoms with van der Waals surface area (Å²) < 4.78 is 6.79. The lowest BCUT2D eigenvalue weighted by Crippen LogP contribution is -2.01. The predicted molar refractivity (Wildman–Crippen MR) is 94.8 cm³/mol. The van der Waals surface area contributed by atoms with Crippen LogP contribution in [0.25, 0.3) is 0 Å². The summed E-state index contributed by atoms with van der Waals surface area (Å²) in [4.78, 5) is 12.3. The minimum absolute atomic E-state index is 0.0177. The molecule has 3 rings (SSSR count). The Morgan fingerprint density at radius 2 is 1.52 bits per heavy atom. The summed E-state index contributed by atoms with van der Waals surface area (Å²) >= 11 is 3.44. The van der Waals surface area contributed by atoms with Gasteiger partial charge >= 0.3 is 0 Å². The third-order valence-corrected chi connectivity index (χ3v) is 3.94. The van der Waals surface area contributed by atoms with Gasteiger partial charge in [0, 0.05) is 15.6 Å². The van der Waals surface area contributed by atoms with Crippen molar-refractivity contribution in [2.24, 2.45) is 0 Å². The number of halogens is 1. The SMILES string of the molecule is O=C(c1ccccc1)c1ccc(OCc2cccc(Br)c2)cc1. The average Bonchev–Trinajstić information content (AvgIpc) is 2.61. The molecule has 0 amide bonds. The molecular formula is C20H15BrO2. The molecular weight excluding hydrogens is 352 g/mol. The van der Waals surface area contributed by atoms with Crippen molar-refractivity contribution in [2.45, 2.75) is 6.61 Å². The van der Waals surface area contributed by atoms with E-state index in [2.05, 4.69) is 15.9 Å². The van der Waals surface area contributed by atoms with Crippen LogP contribution in [-0.2, 0) is 6.61 Å². The van der Waals surface area contributed by atoms with Crippen molar-refractivity contribution in [1.29, 1.82) is 0 Å². The van der Waals surface area contributed by atoms with E-state index in [4.69, 9.17) is 4.74 Å². The molecule has 3 aromatic carbocycles. The number of ketones is 1. The molecule has 0 saturated carbocycles. The summed E-state index contributed by atoms with van der Waals surface area (Å²) in [5.41, 5.74) is 2.44. The summed E-state index contributed by atoms with van der Waals surface area (Å²) in [5.74, 6) is 0.763. The first-order chi connectivity index (χ1) is 11.2. The van der Waals surface area contributed by atoms with Crippen molar-refractivity contribution < 1.29 is 9.53 Å². The van der Waals surface area contributed by atoms with Crippen LogP contribution in [0.5, 0.6) is 5.75 Å². The molecule has 3 aromatic rings. The van der Waals surface area contributed by atoms with E-state index in [1.807, 2.05) is 66.7 Å². The largest absolute Gasteiger partial charge is 0.489 e. The molecule has 0 aliphatic rings. The van der Waals surface area contributed by atoms with Crippen LogP contribution in [0.3, 0.4) is 0 Å². The van der Waals surface area contributed by atoms with Gasteiger partial charge in [0.2, 0.25) is 0 Å². The van der Waals surface area contributed by atoms with Crippen molar-refractivity contribution in [3.05, 3.63) is 100 Å². The second-order valence-electron chi connectivity index (χ2n) is 5.14. The van der Waals surface area contributed by atoms with E-state index in [0.717, 1.165) is 15.8 Å². The Balaban J connectivity index is 1.66. The van der Waals surface area contributed by atoms with Crippen LogP contribution in [0.4, 0.5) is 0 Å². The van der Waals surface area contributed by atoms with Gasteiger partial charge in [-0.05, 0) is 42.0 Å². The van der Waals surface area contributed by atoms with E-state index in [1.54, 1.807) is 12.1 Å². The molecule has 0 radical (unpaired) electrons. The first-order valence-electron chi connectivity index (χ1n) is 7.29. The smallest absolute Gasteiger partial charge is 0.193 e. The maximum Gasteiger partial charge on any atom is 0.193 e. The molecule has 0 saturated heterocycles. The number of hydrogen-bond acceptors (Lipinski definition) is 2. The second-order valence-corrected chi connectivity index (χ2v) is 6.05. The molecule has 0 aliphatic heterocycles. The molecule has 114 valence electrons. The van der Waals surface area contributed by atoms with Crippen LogP contribution >= 0.6 is 15.9 Å². The molecule has 23 heavy (non-hydrogen) atoms. The fraction of sp³-hybridized carbons (Fsp3) is 0.0500. The van der Waals surface area contributed by atoms with Gasteiger partial charge in [-0.2, -0.15) is 0 Å². The van der Waals surface area contributed by atoms with Gasteiger partial charge in [-0.15, -0.1) is 0 Å². The lowest BCUT2D eigenvalue weighted by Gasteiger charge is -2.07. The van der Waals surface area contributed by atoms with Gasteiger partial charge in [0.15, 0.2) is 5.78 Å². The van der Waals surface area contributed by atoms with Crippen molar-refractivity contribution in [2.75, 3.05) is 0 Å². The number of hydrogen-bond donors (Lipinski definition) is 0. The summed E-state index contributed by atoms with van der Waals surface area (Å²) in [7, 11) is 0. The lowest BCUT2D eigenvalue weighted by molar-refractivity contribution is 0.103. The summed E-state index contributed by atoms with van der Waals surface area (Å²) in [6.45, 7) is 0.491. The molecule has 0 atom stereocenters. The Morgan fingerprint density at radius 3 is 2.22 bits per heavy atom. The topological polar surface area (TPSA) is 26.3 Å². The fourth-order valence-corrected chi connectivity index (χ4v) is 2.70. The van der Waals surface area contributed by atoms with Crippen molar-refractivity contribution in [3.63, 3.8) is 0 Å². The summed E-state index contributed by atoms with van der Waals surface area (Å²) in [6.07, 6.45) is 0. The lowest BCUT2D eigenvalue weighted by atomic mass is 10.0. The Bertz CT molecular complexity index is 795. The van der Waals surface area contributed by atoms with Crippen LogP contribution in [0.15, 0.2) is 83.3 Å². The zero-order valence-corrected chi connectivity index (χ0v) is 14.0. The van der Waals surface area contributed by atoms with Gasteiger partial charge in [-0.1, -0.05) is 58.4 Å². The third kappa shape index (κ3) is 4.08. The van der Waals surface area contributed by atoms with E-state index < -0.39 is 0 Å². The van der Waals surface area contributed by atoms with Gasteiger partial charge in [0.05, 0.1) is 0 Å². The van der Waals surface area contributed by atoms with Gasteiger partial charge in [-0.3, -0.25) is 4.79 Å². The van der Waals surface area contributed by atoms with E-state index in [9.17, 15) is 4.79 Å². The monoisotopic (exact) mass is 366 g/mol. The van der Waals surface area contributed by atoms with Crippen LogP contribution in [0.2, 0.25) is 0 Å². The predicted octanol–water partition coefficient (Wildman–Crippen LogP) is 5.26. The number of benzene rings is 3. The highest BCUT2D eigenvalue weighted by Crippen LogP contribution is 2.18. The Hall–Kier alpha value is -2.39. The fourth-order valence-electron chi connectivity index (χ4n) is 2.25. The molecule has 3 heteroatoms. The highest BCUT2D eigenvalue weighted by Gasteiger charge is 2.08. The normalized spacial score (nSPS) is 10.3. The number of rotatable bonds is 5. The molecule has 2 nitrogen and oxygen atoms in total. The van der Waals surface area contributed by atoms with Crippen LogP contribution in [0.1, 0.15) is 21.5 Å². The van der Waals surface area contributed by atoms with Gasteiger partial charge in [0.25, 0.3) is 0 Å². The maximum atomic E-state index is 12.3. The van der Waals surface area contributed by atoms with Crippen LogP contribution in [-0.4, -0.2) is 5.78 Å². The van der Waals surface area contributed by atoms with E-state index in [1.165, 1.54) is 0 Å². The van der Waals surface area contributed by atoms with E-state index in [-0.39, 0.29) is 5.78 Å². The Morgan fingerprint density at radius 1 is 0.826 bits per heavy atom. The average molecular weight is 367 g/mol. The summed E-state index contributed by atoms with van der Waals surface area (Å²) in [5, 5.41) is 0. The van der Waals surface area contributed by atoms with Crippen LogP contribution < -0.4 is 4.74 Å². The molecule has 0 spiro atoms. The molecule has 0 aliphatic carbocycles. The zero-order chi connectivity index (χ0) is 16.1. The van der Waals surface area contributed by atoms with Crippen LogP contribution in [0, 0.1) is 0 Å². The van der Waals surface area contributed by atoms with Crippen molar-refractivity contribution in [1.82, 2.24) is 0 Å². The van der Waals surface area contributed by atoms with Gasteiger partial charge in [-0.25, -0.2) is 0 Å². The minimum atomic E-state index is 0.0177. The zero-order valence-electron chi connectivity index (χ0n) is 12.4. The van der Waals surface area contributed by atoms with Crippen molar-refractivity contribution >= 4 is 21.7 Å². The molecule has 0 heterocycles. The van der Waals surface area contributed by atoms with E-state index in [0.29, 0.717) is 17.7 Å². The first-order valence-corrected chi connectivity index (χ1v) is 8.09. The maximum absolute atomic E-state index is 12.3. The third-order valence-electron chi connectivity index (χ3n) is 3.45. The van der Waals surface area contributed by atoms with Gasteiger partial charge in [0.1, 0.15) is 12.4 Å². The summed E-state index contributed by atoms with van der Waals surface area (Å²) in [6, 6.07) is 24.5. The molecule has 0 unspecified atom stereocenters. The number of ether oxygens (including phenoxy) is 1. The molecule has 0 fully saturated rings. The Labute approximate surface area is 143 Å². The van der Waals surface area contributed by atoms with Crippen molar-refractivity contribution in [3.8, 4) is 5.75 Å².